The maximum atomic E-state index is 5.71. The molecule has 0 aliphatic carbocycles. The van der Waals surface area contributed by atoms with Gasteiger partial charge < -0.3 is 5.84 Å². The van der Waals surface area contributed by atoms with E-state index < -0.39 is 0 Å². The number of rotatable bonds is 2. The van der Waals surface area contributed by atoms with Crippen molar-refractivity contribution in [2.24, 2.45) is 0 Å². The second-order valence-electron chi connectivity index (χ2n) is 3.40. The summed E-state index contributed by atoms with van der Waals surface area (Å²) in [6, 6.07) is 0. The van der Waals surface area contributed by atoms with Gasteiger partial charge in [0.25, 0.3) is 0 Å². The van der Waals surface area contributed by atoms with E-state index in [0.717, 1.165) is 17.0 Å². The van der Waals surface area contributed by atoms with Gasteiger partial charge in [0, 0.05) is 17.7 Å². The summed E-state index contributed by atoms with van der Waals surface area (Å²) in [5, 5.41) is 13.7. The highest BCUT2D eigenvalue weighted by Crippen LogP contribution is 2.13. The van der Waals surface area contributed by atoms with E-state index in [1.165, 1.54) is 4.68 Å². The average molecular weight is 224 g/mol. The lowest BCUT2D eigenvalue weighted by Crippen LogP contribution is -2.13. The molecule has 0 aliphatic heterocycles. The highest BCUT2D eigenvalue weighted by molar-refractivity contribution is 7.71. The Balaban J connectivity index is 2.37. The predicted octanol–water partition coefficient (Wildman–Crippen LogP) is 0.585. The maximum absolute atomic E-state index is 5.71. The lowest BCUT2D eigenvalue weighted by molar-refractivity contribution is 0.862. The second-order valence-corrected chi connectivity index (χ2v) is 3.79. The summed E-state index contributed by atoms with van der Waals surface area (Å²) in [7, 11) is 0. The number of aryl methyl sites for hydroxylation is 2. The third-order valence-corrected chi connectivity index (χ3v) is 2.68. The Hall–Kier alpha value is -1.63. The summed E-state index contributed by atoms with van der Waals surface area (Å²) in [6.07, 6.45) is 0.623. The van der Waals surface area contributed by atoms with Gasteiger partial charge in [-0.25, -0.2) is 4.68 Å². The van der Waals surface area contributed by atoms with Crippen LogP contribution in [0.5, 0.6) is 0 Å². The van der Waals surface area contributed by atoms with Gasteiger partial charge in [0.15, 0.2) is 5.82 Å². The first-order chi connectivity index (χ1) is 7.09. The van der Waals surface area contributed by atoms with Crippen molar-refractivity contribution in [1.29, 1.82) is 0 Å². The molecule has 80 valence electrons. The molecule has 0 fully saturated rings. The molecule has 0 spiro atoms. The van der Waals surface area contributed by atoms with Crippen LogP contribution in [-0.2, 0) is 6.42 Å². The monoisotopic (exact) mass is 224 g/mol. The van der Waals surface area contributed by atoms with Gasteiger partial charge in [-0.05, 0) is 26.1 Å². The largest absolute Gasteiger partial charge is 0.335 e. The SMILES string of the molecule is Cc1n[nH]c(C)c1Cc1n[nH]c(=S)n1N. The molecule has 0 amide bonds. The van der Waals surface area contributed by atoms with Crippen LogP contribution in [0.3, 0.4) is 0 Å². The second kappa shape index (κ2) is 3.50. The van der Waals surface area contributed by atoms with Crippen LogP contribution in [0.25, 0.3) is 0 Å². The van der Waals surface area contributed by atoms with Crippen LogP contribution in [0.1, 0.15) is 22.8 Å². The molecule has 2 rings (SSSR count). The van der Waals surface area contributed by atoms with Crippen LogP contribution in [0.2, 0.25) is 0 Å². The molecule has 0 aliphatic rings. The van der Waals surface area contributed by atoms with E-state index in [2.05, 4.69) is 20.4 Å². The van der Waals surface area contributed by atoms with Crippen LogP contribution >= 0.6 is 12.2 Å². The van der Waals surface area contributed by atoms with E-state index in [0.29, 0.717) is 17.0 Å². The minimum atomic E-state index is 0.420. The summed E-state index contributed by atoms with van der Waals surface area (Å²) >= 11 is 4.93. The van der Waals surface area contributed by atoms with Crippen LogP contribution in [0.15, 0.2) is 0 Å². The Morgan fingerprint density at radius 2 is 2.07 bits per heavy atom. The van der Waals surface area contributed by atoms with Crippen molar-refractivity contribution in [3.05, 3.63) is 27.5 Å². The summed E-state index contributed by atoms with van der Waals surface area (Å²) in [6.45, 7) is 3.92. The quantitative estimate of drug-likeness (QED) is 0.514. The lowest BCUT2D eigenvalue weighted by atomic mass is 10.1. The fraction of sp³-hybridized carbons (Fsp3) is 0.375. The maximum Gasteiger partial charge on any atom is 0.214 e. The minimum absolute atomic E-state index is 0.420. The Kier molecular flexibility index (Phi) is 2.31. The van der Waals surface area contributed by atoms with Gasteiger partial charge in [-0.3, -0.25) is 10.2 Å². The van der Waals surface area contributed by atoms with E-state index in [1.807, 2.05) is 13.8 Å². The molecule has 6 nitrogen and oxygen atoms in total. The van der Waals surface area contributed by atoms with E-state index in [-0.39, 0.29) is 0 Å². The number of hydrogen-bond acceptors (Lipinski definition) is 4. The molecule has 0 atom stereocenters. The van der Waals surface area contributed by atoms with Crippen molar-refractivity contribution in [2.45, 2.75) is 20.3 Å². The molecule has 0 saturated carbocycles. The molecule has 2 aromatic heterocycles. The smallest absolute Gasteiger partial charge is 0.214 e. The molecular formula is C8H12N6S. The van der Waals surface area contributed by atoms with Gasteiger partial charge in [-0.1, -0.05) is 0 Å². The molecule has 0 saturated heterocycles. The molecule has 2 heterocycles. The topological polar surface area (TPSA) is 88.3 Å². The van der Waals surface area contributed by atoms with Crippen molar-refractivity contribution in [3.8, 4) is 0 Å². The molecular weight excluding hydrogens is 212 g/mol. The average Bonchev–Trinajstić information content (AvgIpc) is 2.68. The molecule has 15 heavy (non-hydrogen) atoms. The van der Waals surface area contributed by atoms with Gasteiger partial charge >= 0.3 is 0 Å². The fourth-order valence-electron chi connectivity index (χ4n) is 1.45. The van der Waals surface area contributed by atoms with Gasteiger partial charge in [0.2, 0.25) is 4.77 Å². The molecule has 0 radical (unpaired) electrons. The number of H-pyrrole nitrogens is 2. The number of aromatic nitrogens is 5. The Labute approximate surface area is 91.5 Å². The summed E-state index contributed by atoms with van der Waals surface area (Å²) in [4.78, 5) is 0. The van der Waals surface area contributed by atoms with E-state index >= 15 is 0 Å². The molecule has 0 unspecified atom stereocenters. The Morgan fingerprint density at radius 3 is 2.53 bits per heavy atom. The van der Waals surface area contributed by atoms with E-state index in [9.17, 15) is 0 Å². The van der Waals surface area contributed by atoms with Crippen molar-refractivity contribution in [3.63, 3.8) is 0 Å². The first-order valence-corrected chi connectivity index (χ1v) is 4.92. The zero-order valence-corrected chi connectivity index (χ0v) is 9.35. The zero-order valence-electron chi connectivity index (χ0n) is 8.53. The Bertz CT molecular complexity index is 514. The van der Waals surface area contributed by atoms with E-state index in [1.54, 1.807) is 0 Å². The first kappa shape index (κ1) is 9.91. The number of aromatic amines is 2. The standard InChI is InChI=1S/C8H12N6S/c1-4-6(5(2)11-10-4)3-7-12-13-8(15)14(7)9/h3,9H2,1-2H3,(H,10,11)(H,13,15). The lowest BCUT2D eigenvalue weighted by Gasteiger charge is -2.00. The van der Waals surface area contributed by atoms with Crippen molar-refractivity contribution in [2.75, 3.05) is 5.84 Å². The molecule has 0 aromatic carbocycles. The first-order valence-electron chi connectivity index (χ1n) is 4.51. The van der Waals surface area contributed by atoms with Gasteiger partial charge in [-0.15, -0.1) is 0 Å². The van der Waals surface area contributed by atoms with Crippen molar-refractivity contribution < 1.29 is 0 Å². The van der Waals surface area contributed by atoms with Gasteiger partial charge in [-0.2, -0.15) is 10.2 Å². The molecule has 0 bridgehead atoms. The van der Waals surface area contributed by atoms with Crippen molar-refractivity contribution >= 4 is 12.2 Å². The molecule has 4 N–H and O–H groups in total. The zero-order chi connectivity index (χ0) is 11.0. The third-order valence-electron chi connectivity index (χ3n) is 2.39. The number of nitrogens with two attached hydrogens (primary N) is 1. The fourth-order valence-corrected chi connectivity index (χ4v) is 1.61. The van der Waals surface area contributed by atoms with E-state index in [4.69, 9.17) is 18.1 Å². The van der Waals surface area contributed by atoms with Crippen LogP contribution in [0.4, 0.5) is 0 Å². The van der Waals surface area contributed by atoms with Crippen LogP contribution in [-0.4, -0.2) is 25.1 Å². The van der Waals surface area contributed by atoms with Gasteiger partial charge in [0.05, 0.1) is 5.69 Å². The summed E-state index contributed by atoms with van der Waals surface area (Å²) in [5.74, 6) is 6.41. The summed E-state index contributed by atoms with van der Waals surface area (Å²) < 4.78 is 1.80. The van der Waals surface area contributed by atoms with Crippen LogP contribution in [0, 0.1) is 18.6 Å². The molecule has 2 aromatic rings. The number of hydrogen-bond donors (Lipinski definition) is 3. The summed E-state index contributed by atoms with van der Waals surface area (Å²) in [5.41, 5.74) is 3.10. The number of nitrogens with one attached hydrogen (secondary N) is 2. The number of nitrogens with zero attached hydrogens (tertiary/aromatic N) is 3. The third kappa shape index (κ3) is 1.65. The van der Waals surface area contributed by atoms with Crippen LogP contribution < -0.4 is 5.84 Å². The predicted molar refractivity (Wildman–Crippen MR) is 58.4 cm³/mol. The molecule has 7 heteroatoms. The highest BCUT2D eigenvalue weighted by atomic mass is 32.1. The Morgan fingerprint density at radius 1 is 1.33 bits per heavy atom. The highest BCUT2D eigenvalue weighted by Gasteiger charge is 2.11. The van der Waals surface area contributed by atoms with Gasteiger partial charge in [0.1, 0.15) is 0 Å². The van der Waals surface area contributed by atoms with Crippen molar-refractivity contribution in [1.82, 2.24) is 25.1 Å². The normalized spacial score (nSPS) is 10.8. The minimum Gasteiger partial charge on any atom is -0.335 e. The number of nitrogen functional groups attached to an aromatic ring is 1.